The maximum Gasteiger partial charge on any atom is 0.326 e. The molecule has 2 heterocycles. The fourth-order valence-electron chi connectivity index (χ4n) is 4.13. The zero-order chi connectivity index (χ0) is 25.4. The van der Waals surface area contributed by atoms with Gasteiger partial charge in [0.15, 0.2) is 0 Å². The van der Waals surface area contributed by atoms with Gasteiger partial charge >= 0.3 is 5.97 Å². The second kappa shape index (κ2) is 12.0. The number of nitrogens with zero attached hydrogens (tertiary/aromatic N) is 3. The average Bonchev–Trinajstić information content (AvgIpc) is 3.37. The smallest absolute Gasteiger partial charge is 0.326 e. The van der Waals surface area contributed by atoms with Gasteiger partial charge in [0.1, 0.15) is 23.8 Å². The first-order valence-electron chi connectivity index (χ1n) is 11.8. The highest BCUT2D eigenvalue weighted by Gasteiger charge is 2.38. The first-order chi connectivity index (χ1) is 16.8. The van der Waals surface area contributed by atoms with E-state index in [-0.39, 0.29) is 18.0 Å². The second-order valence-electron chi connectivity index (χ2n) is 8.71. The van der Waals surface area contributed by atoms with E-state index in [1.165, 1.54) is 23.5 Å². The van der Waals surface area contributed by atoms with E-state index in [0.29, 0.717) is 25.8 Å². The minimum absolute atomic E-state index is 0.0758. The zero-order valence-electron chi connectivity index (χ0n) is 19.9. The Morgan fingerprint density at radius 2 is 1.89 bits per heavy atom. The van der Waals surface area contributed by atoms with E-state index in [0.717, 1.165) is 5.56 Å². The van der Waals surface area contributed by atoms with Crippen molar-refractivity contribution in [2.45, 2.75) is 57.7 Å². The minimum atomic E-state index is -1.06. The van der Waals surface area contributed by atoms with Crippen LogP contribution in [0, 0.1) is 5.92 Å². The van der Waals surface area contributed by atoms with Crippen LogP contribution in [0.3, 0.4) is 0 Å². The van der Waals surface area contributed by atoms with Gasteiger partial charge in [-0.3, -0.25) is 19.4 Å². The van der Waals surface area contributed by atoms with Crippen molar-refractivity contribution in [3.05, 3.63) is 60.2 Å². The summed E-state index contributed by atoms with van der Waals surface area (Å²) in [6.45, 7) is 4.04. The number of nitrogens with one attached hydrogen (secondary N) is 2. The number of hydrogen-bond acceptors (Lipinski definition) is 6. The maximum absolute atomic E-state index is 13.4. The molecule has 0 spiro atoms. The van der Waals surface area contributed by atoms with Crippen molar-refractivity contribution in [3.63, 3.8) is 0 Å². The van der Waals surface area contributed by atoms with E-state index in [2.05, 4.69) is 20.6 Å². The summed E-state index contributed by atoms with van der Waals surface area (Å²) in [7, 11) is 0. The van der Waals surface area contributed by atoms with Crippen LogP contribution in [-0.4, -0.2) is 68.3 Å². The highest BCUT2D eigenvalue weighted by Crippen LogP contribution is 2.20. The van der Waals surface area contributed by atoms with Gasteiger partial charge in [0.25, 0.3) is 5.91 Å². The van der Waals surface area contributed by atoms with Gasteiger partial charge in [0.2, 0.25) is 11.8 Å². The lowest BCUT2D eigenvalue weighted by molar-refractivity contribution is -0.149. The number of aliphatic carboxylic acids is 1. The van der Waals surface area contributed by atoms with Gasteiger partial charge in [-0.1, -0.05) is 50.6 Å². The molecule has 10 nitrogen and oxygen atoms in total. The third-order valence-electron chi connectivity index (χ3n) is 6.30. The molecule has 0 saturated carbocycles. The van der Waals surface area contributed by atoms with Gasteiger partial charge in [0, 0.05) is 25.4 Å². The molecule has 186 valence electrons. The summed E-state index contributed by atoms with van der Waals surface area (Å²) in [4.78, 5) is 60.4. The lowest BCUT2D eigenvalue weighted by Gasteiger charge is -2.30. The zero-order valence-corrected chi connectivity index (χ0v) is 19.9. The Labute approximate surface area is 204 Å². The topological polar surface area (TPSA) is 142 Å². The lowest BCUT2D eigenvalue weighted by atomic mass is 9.97. The molecule has 1 aliphatic rings. The molecule has 1 fully saturated rings. The van der Waals surface area contributed by atoms with Crippen molar-refractivity contribution < 1.29 is 24.3 Å². The molecule has 1 aromatic heterocycles. The second-order valence-corrected chi connectivity index (χ2v) is 8.71. The number of hydrogen-bond donors (Lipinski definition) is 3. The van der Waals surface area contributed by atoms with Gasteiger partial charge in [-0.15, -0.1) is 0 Å². The normalized spacial score (nSPS) is 17.8. The first kappa shape index (κ1) is 25.8. The largest absolute Gasteiger partial charge is 0.480 e. The maximum atomic E-state index is 13.4. The van der Waals surface area contributed by atoms with Crippen LogP contribution in [0.15, 0.2) is 48.9 Å². The summed E-state index contributed by atoms with van der Waals surface area (Å²) in [5.41, 5.74) is 0.896. The van der Waals surface area contributed by atoms with Crippen molar-refractivity contribution in [1.82, 2.24) is 25.5 Å². The Kier molecular flexibility index (Phi) is 8.88. The summed E-state index contributed by atoms with van der Waals surface area (Å²) in [5.74, 6) is -2.81. The van der Waals surface area contributed by atoms with Crippen molar-refractivity contribution in [2.24, 2.45) is 5.92 Å². The molecule has 3 N–H and O–H groups in total. The molecular formula is C25H31N5O5. The van der Waals surface area contributed by atoms with E-state index in [4.69, 9.17) is 0 Å². The van der Waals surface area contributed by atoms with Gasteiger partial charge in [0.05, 0.1) is 6.20 Å². The molecule has 3 amide bonds. The molecule has 1 aromatic carbocycles. The summed E-state index contributed by atoms with van der Waals surface area (Å²) < 4.78 is 0. The molecule has 4 atom stereocenters. The predicted molar refractivity (Wildman–Crippen MR) is 127 cm³/mol. The summed E-state index contributed by atoms with van der Waals surface area (Å²) >= 11 is 0. The molecule has 2 aromatic rings. The highest BCUT2D eigenvalue weighted by atomic mass is 16.4. The molecule has 10 heteroatoms. The number of carbonyl (C=O) groups is 4. The van der Waals surface area contributed by atoms with Crippen molar-refractivity contribution >= 4 is 23.7 Å². The summed E-state index contributed by atoms with van der Waals surface area (Å²) in [5, 5.41) is 15.1. The highest BCUT2D eigenvalue weighted by molar-refractivity contribution is 5.97. The first-order valence-corrected chi connectivity index (χ1v) is 11.8. The van der Waals surface area contributed by atoms with Crippen molar-refractivity contribution in [2.75, 3.05) is 6.54 Å². The third-order valence-corrected chi connectivity index (χ3v) is 6.30. The van der Waals surface area contributed by atoms with Crippen molar-refractivity contribution in [3.8, 4) is 0 Å². The number of likely N-dealkylation sites (tertiary alicyclic amines) is 1. The summed E-state index contributed by atoms with van der Waals surface area (Å²) in [6.07, 6.45) is 5.88. The molecule has 0 radical (unpaired) electrons. The average molecular weight is 482 g/mol. The fourth-order valence-corrected chi connectivity index (χ4v) is 4.13. The van der Waals surface area contributed by atoms with Crippen LogP contribution < -0.4 is 10.6 Å². The van der Waals surface area contributed by atoms with Gasteiger partial charge in [-0.2, -0.15) is 0 Å². The predicted octanol–water partition coefficient (Wildman–Crippen LogP) is 1.42. The van der Waals surface area contributed by atoms with E-state index in [1.54, 1.807) is 0 Å². The van der Waals surface area contributed by atoms with Gasteiger partial charge in [-0.05, 0) is 24.3 Å². The molecule has 0 aliphatic carbocycles. The van der Waals surface area contributed by atoms with Crippen molar-refractivity contribution in [1.29, 1.82) is 0 Å². The number of carboxylic acid groups (broad SMARTS) is 1. The number of carbonyl (C=O) groups excluding carboxylic acids is 3. The Morgan fingerprint density at radius 1 is 1.14 bits per heavy atom. The van der Waals surface area contributed by atoms with Crippen LogP contribution in [0.25, 0.3) is 0 Å². The molecule has 3 unspecified atom stereocenters. The fraction of sp³-hybridized carbons (Fsp3) is 0.440. The minimum Gasteiger partial charge on any atom is -0.480 e. The van der Waals surface area contributed by atoms with E-state index < -0.39 is 41.8 Å². The van der Waals surface area contributed by atoms with Crippen LogP contribution >= 0.6 is 0 Å². The Hall–Kier alpha value is -3.82. The molecule has 3 rings (SSSR count). The number of benzene rings is 1. The van der Waals surface area contributed by atoms with Crippen LogP contribution in [0.4, 0.5) is 0 Å². The van der Waals surface area contributed by atoms with Crippen LogP contribution in [0.2, 0.25) is 0 Å². The number of rotatable bonds is 10. The monoisotopic (exact) mass is 481 g/mol. The molecule has 1 saturated heterocycles. The third kappa shape index (κ3) is 6.62. The number of aromatic nitrogens is 2. The standard InChI is InChI=1S/C25H31N5O5/c1-3-16(2)21(29-22(31)19-15-26-11-12-27-19)23(32)28-18(14-17-8-5-4-6-9-17)24(33)30-13-7-10-20(30)25(34)35/h4-6,8-9,11-12,15-16,18,20-21H,3,7,10,13-14H2,1-2H3,(H,28,32)(H,29,31)(H,34,35)/t16?,18?,20-,21?/m0/s1. The molecule has 0 bridgehead atoms. The molecule has 35 heavy (non-hydrogen) atoms. The Balaban J connectivity index is 1.82. The van der Waals surface area contributed by atoms with Crippen LogP contribution in [-0.2, 0) is 20.8 Å². The van der Waals surface area contributed by atoms with E-state index in [9.17, 15) is 24.3 Å². The summed E-state index contributed by atoms with van der Waals surface area (Å²) in [6, 6.07) is 6.37. The van der Waals surface area contributed by atoms with Crippen LogP contribution in [0.1, 0.15) is 49.2 Å². The lowest BCUT2D eigenvalue weighted by Crippen LogP contribution is -2.57. The quantitative estimate of drug-likeness (QED) is 0.466. The Morgan fingerprint density at radius 3 is 2.51 bits per heavy atom. The van der Waals surface area contributed by atoms with E-state index >= 15 is 0 Å². The number of amides is 3. The van der Waals surface area contributed by atoms with Crippen LogP contribution in [0.5, 0.6) is 0 Å². The Bertz CT molecular complexity index is 1030. The molecule has 1 aliphatic heterocycles. The SMILES string of the molecule is CCC(C)C(NC(=O)c1cnccn1)C(=O)NC(Cc1ccccc1)C(=O)N1CCC[C@H]1C(=O)O. The molecular weight excluding hydrogens is 450 g/mol. The number of carboxylic acids is 1. The van der Waals surface area contributed by atoms with E-state index in [1.807, 2.05) is 44.2 Å². The van der Waals surface area contributed by atoms with Gasteiger partial charge < -0.3 is 20.6 Å². The van der Waals surface area contributed by atoms with Gasteiger partial charge in [-0.25, -0.2) is 9.78 Å².